The molecule has 4 heteroatoms. The fourth-order valence-corrected chi connectivity index (χ4v) is 3.08. The summed E-state index contributed by atoms with van der Waals surface area (Å²) in [5, 5.41) is 3.62. The second-order valence-electron chi connectivity index (χ2n) is 5.13. The molecule has 3 heterocycles. The molecule has 2 aliphatic heterocycles. The van der Waals surface area contributed by atoms with E-state index in [2.05, 4.69) is 20.2 Å². The second kappa shape index (κ2) is 5.10. The summed E-state index contributed by atoms with van der Waals surface area (Å²) >= 11 is 0. The molecular formula is C13H20N4. The maximum absolute atomic E-state index is 4.29. The molecule has 0 aliphatic carbocycles. The highest BCUT2D eigenvalue weighted by atomic mass is 15.2. The molecule has 1 aromatic rings. The van der Waals surface area contributed by atoms with Crippen molar-refractivity contribution < 1.29 is 0 Å². The highest BCUT2D eigenvalue weighted by molar-refractivity contribution is 4.96. The Labute approximate surface area is 102 Å². The van der Waals surface area contributed by atoms with Crippen LogP contribution in [0.1, 0.15) is 31.4 Å². The maximum Gasteiger partial charge on any atom is 0.0724 e. The topological polar surface area (TPSA) is 41.1 Å². The van der Waals surface area contributed by atoms with E-state index in [1.165, 1.54) is 38.8 Å². The molecule has 0 spiro atoms. The van der Waals surface area contributed by atoms with Crippen LogP contribution in [0.5, 0.6) is 0 Å². The molecule has 0 bridgehead atoms. The zero-order chi connectivity index (χ0) is 11.5. The van der Waals surface area contributed by atoms with Gasteiger partial charge in [0.1, 0.15) is 0 Å². The first kappa shape index (κ1) is 11.1. The summed E-state index contributed by atoms with van der Waals surface area (Å²) in [5.74, 6) is 0. The summed E-state index contributed by atoms with van der Waals surface area (Å²) in [4.78, 5) is 11.0. The van der Waals surface area contributed by atoms with Crippen LogP contribution in [0.15, 0.2) is 18.6 Å². The van der Waals surface area contributed by atoms with Gasteiger partial charge in [-0.25, -0.2) is 0 Å². The normalized spacial score (nSPS) is 29.2. The summed E-state index contributed by atoms with van der Waals surface area (Å²) in [6.45, 7) is 3.44. The number of piperidine rings is 1. The van der Waals surface area contributed by atoms with E-state index in [4.69, 9.17) is 0 Å². The van der Waals surface area contributed by atoms with Crippen molar-refractivity contribution in [2.24, 2.45) is 0 Å². The van der Waals surface area contributed by atoms with Gasteiger partial charge >= 0.3 is 0 Å². The first-order valence-corrected chi connectivity index (χ1v) is 6.64. The standard InChI is InChI=1S/C13H20N4/c1-2-13-8-11(3-7-17(13)6-1)16-10-12-9-14-4-5-15-12/h4-5,9,11,13,16H,1-3,6-8,10H2. The van der Waals surface area contributed by atoms with Crippen molar-refractivity contribution in [1.82, 2.24) is 20.2 Å². The predicted molar refractivity (Wildman–Crippen MR) is 66.5 cm³/mol. The van der Waals surface area contributed by atoms with E-state index in [1.54, 1.807) is 12.4 Å². The van der Waals surface area contributed by atoms with Crippen LogP contribution < -0.4 is 5.32 Å². The van der Waals surface area contributed by atoms with Crippen molar-refractivity contribution in [2.75, 3.05) is 13.1 Å². The lowest BCUT2D eigenvalue weighted by molar-refractivity contribution is 0.166. The van der Waals surface area contributed by atoms with Gasteiger partial charge in [0.2, 0.25) is 0 Å². The molecule has 92 valence electrons. The number of fused-ring (bicyclic) bond motifs is 1. The first-order valence-electron chi connectivity index (χ1n) is 6.64. The fourth-order valence-electron chi connectivity index (χ4n) is 3.08. The van der Waals surface area contributed by atoms with E-state index >= 15 is 0 Å². The van der Waals surface area contributed by atoms with E-state index in [0.29, 0.717) is 6.04 Å². The quantitative estimate of drug-likeness (QED) is 0.850. The van der Waals surface area contributed by atoms with Gasteiger partial charge in [-0.15, -0.1) is 0 Å². The Kier molecular flexibility index (Phi) is 3.34. The Bertz CT molecular complexity index is 354. The number of nitrogens with zero attached hydrogens (tertiary/aromatic N) is 3. The lowest BCUT2D eigenvalue weighted by atomic mass is 9.97. The molecule has 3 rings (SSSR count). The van der Waals surface area contributed by atoms with Gasteiger partial charge in [0.25, 0.3) is 0 Å². The summed E-state index contributed by atoms with van der Waals surface area (Å²) in [7, 11) is 0. The first-order chi connectivity index (χ1) is 8.42. The van der Waals surface area contributed by atoms with Gasteiger partial charge in [-0.1, -0.05) is 0 Å². The van der Waals surface area contributed by atoms with Gasteiger partial charge in [0.15, 0.2) is 0 Å². The summed E-state index contributed by atoms with van der Waals surface area (Å²) < 4.78 is 0. The monoisotopic (exact) mass is 232 g/mol. The highest BCUT2D eigenvalue weighted by Gasteiger charge is 2.31. The fraction of sp³-hybridized carbons (Fsp3) is 0.692. The van der Waals surface area contributed by atoms with Crippen LogP contribution >= 0.6 is 0 Å². The van der Waals surface area contributed by atoms with Crippen molar-refractivity contribution in [1.29, 1.82) is 0 Å². The number of hydrogen-bond acceptors (Lipinski definition) is 4. The molecule has 4 nitrogen and oxygen atoms in total. The highest BCUT2D eigenvalue weighted by Crippen LogP contribution is 2.26. The van der Waals surface area contributed by atoms with Gasteiger partial charge in [0, 0.05) is 37.2 Å². The minimum atomic E-state index is 0.663. The van der Waals surface area contributed by atoms with E-state index in [9.17, 15) is 0 Å². The molecule has 2 fully saturated rings. The SMILES string of the molecule is c1cnc(CNC2CCN3CCCC3C2)cn1. The van der Waals surface area contributed by atoms with Crippen LogP contribution in [0.2, 0.25) is 0 Å². The third-order valence-corrected chi connectivity index (χ3v) is 4.01. The minimum Gasteiger partial charge on any atom is -0.308 e. The minimum absolute atomic E-state index is 0.663. The van der Waals surface area contributed by atoms with Crippen molar-refractivity contribution in [3.63, 3.8) is 0 Å². The van der Waals surface area contributed by atoms with Crippen LogP contribution in [0, 0.1) is 0 Å². The molecular weight excluding hydrogens is 212 g/mol. The molecule has 0 saturated carbocycles. The molecule has 0 aromatic carbocycles. The van der Waals surface area contributed by atoms with Crippen LogP contribution in [0.25, 0.3) is 0 Å². The molecule has 2 aliphatic rings. The van der Waals surface area contributed by atoms with Gasteiger partial charge in [-0.05, 0) is 38.8 Å². The molecule has 0 amide bonds. The Morgan fingerprint density at radius 1 is 1.29 bits per heavy atom. The number of aromatic nitrogens is 2. The Morgan fingerprint density at radius 2 is 2.29 bits per heavy atom. The number of hydrogen-bond donors (Lipinski definition) is 1. The summed E-state index contributed by atoms with van der Waals surface area (Å²) in [6, 6.07) is 1.50. The molecule has 2 unspecified atom stereocenters. The van der Waals surface area contributed by atoms with E-state index in [0.717, 1.165) is 18.3 Å². The number of rotatable bonds is 3. The molecule has 1 aromatic heterocycles. The van der Waals surface area contributed by atoms with Crippen molar-refractivity contribution in [3.8, 4) is 0 Å². The second-order valence-corrected chi connectivity index (χ2v) is 5.13. The Hall–Kier alpha value is -1.00. The van der Waals surface area contributed by atoms with Crippen molar-refractivity contribution >= 4 is 0 Å². The van der Waals surface area contributed by atoms with Gasteiger partial charge in [-0.2, -0.15) is 0 Å². The summed E-state index contributed by atoms with van der Waals surface area (Å²) in [6.07, 6.45) is 10.7. The average Bonchev–Trinajstić information content (AvgIpc) is 2.85. The van der Waals surface area contributed by atoms with Crippen molar-refractivity contribution in [3.05, 3.63) is 24.3 Å². The lowest BCUT2D eigenvalue weighted by Gasteiger charge is -2.35. The molecule has 0 radical (unpaired) electrons. The average molecular weight is 232 g/mol. The summed E-state index contributed by atoms with van der Waals surface area (Å²) in [5.41, 5.74) is 1.04. The maximum atomic E-state index is 4.29. The van der Waals surface area contributed by atoms with Gasteiger partial charge < -0.3 is 10.2 Å². The molecule has 2 saturated heterocycles. The van der Waals surface area contributed by atoms with E-state index < -0.39 is 0 Å². The molecule has 2 atom stereocenters. The number of nitrogens with one attached hydrogen (secondary N) is 1. The van der Waals surface area contributed by atoms with E-state index in [-0.39, 0.29) is 0 Å². The smallest absolute Gasteiger partial charge is 0.0724 e. The molecule has 17 heavy (non-hydrogen) atoms. The molecule has 1 N–H and O–H groups in total. The van der Waals surface area contributed by atoms with Crippen LogP contribution in [0.4, 0.5) is 0 Å². The van der Waals surface area contributed by atoms with Crippen LogP contribution in [0.3, 0.4) is 0 Å². The van der Waals surface area contributed by atoms with Crippen LogP contribution in [-0.4, -0.2) is 40.0 Å². The van der Waals surface area contributed by atoms with Gasteiger partial charge in [-0.3, -0.25) is 9.97 Å². The third kappa shape index (κ3) is 2.64. The largest absolute Gasteiger partial charge is 0.308 e. The Balaban J connectivity index is 1.50. The lowest BCUT2D eigenvalue weighted by Crippen LogP contribution is -2.45. The van der Waals surface area contributed by atoms with E-state index in [1.807, 2.05) is 6.20 Å². The Morgan fingerprint density at radius 3 is 3.18 bits per heavy atom. The zero-order valence-electron chi connectivity index (χ0n) is 10.2. The van der Waals surface area contributed by atoms with Crippen molar-refractivity contribution in [2.45, 2.75) is 44.3 Å². The zero-order valence-corrected chi connectivity index (χ0v) is 10.2. The third-order valence-electron chi connectivity index (χ3n) is 4.01. The van der Waals surface area contributed by atoms with Gasteiger partial charge in [0.05, 0.1) is 5.69 Å². The van der Waals surface area contributed by atoms with Crippen LogP contribution in [-0.2, 0) is 6.54 Å². The predicted octanol–water partition coefficient (Wildman–Crippen LogP) is 1.19.